The Morgan fingerprint density at radius 2 is 2.14 bits per heavy atom. The van der Waals surface area contributed by atoms with Crippen LogP contribution in [0.25, 0.3) is 0 Å². The molecule has 0 bridgehead atoms. The second-order valence-electron chi connectivity index (χ2n) is 5.48. The maximum Gasteiger partial charge on any atom is 0.351 e. The molecule has 3 N–H and O–H groups in total. The topological polar surface area (TPSA) is 109 Å². The molecule has 2 saturated heterocycles. The van der Waals surface area contributed by atoms with E-state index in [-0.39, 0.29) is 6.61 Å². The largest absolute Gasteiger partial charge is 0.394 e. The van der Waals surface area contributed by atoms with Gasteiger partial charge >= 0.3 is 5.69 Å². The Morgan fingerprint density at radius 3 is 2.81 bits per heavy atom. The van der Waals surface area contributed by atoms with E-state index in [2.05, 4.69) is 4.98 Å². The molecule has 0 saturated carbocycles. The van der Waals surface area contributed by atoms with Crippen molar-refractivity contribution in [1.82, 2.24) is 9.55 Å². The lowest BCUT2D eigenvalue weighted by atomic mass is 10.1. The van der Waals surface area contributed by atoms with Gasteiger partial charge in [-0.05, 0) is 13.8 Å². The Balaban J connectivity index is 1.99. The summed E-state index contributed by atoms with van der Waals surface area (Å²) in [4.78, 5) is 15.3. The molecule has 0 aromatic carbocycles. The van der Waals surface area contributed by atoms with Gasteiger partial charge in [-0.25, -0.2) is 9.18 Å². The molecule has 8 nitrogen and oxygen atoms in total. The van der Waals surface area contributed by atoms with E-state index in [1.807, 2.05) is 0 Å². The number of nitrogens with zero attached hydrogens (tertiary/aromatic N) is 2. The second-order valence-corrected chi connectivity index (χ2v) is 5.48. The minimum Gasteiger partial charge on any atom is -0.394 e. The number of rotatable bonds is 2. The summed E-state index contributed by atoms with van der Waals surface area (Å²) >= 11 is 0. The molecule has 1 aromatic heterocycles. The molecule has 3 rings (SSSR count). The molecular formula is C12H16FN3O5. The minimum atomic E-state index is -0.941. The number of nitrogens with two attached hydrogens (primary N) is 1. The highest BCUT2D eigenvalue weighted by Gasteiger charge is 2.55. The van der Waals surface area contributed by atoms with Crippen molar-refractivity contribution in [3.63, 3.8) is 0 Å². The van der Waals surface area contributed by atoms with Gasteiger partial charge in [-0.1, -0.05) is 0 Å². The minimum absolute atomic E-state index is 0.309. The molecule has 2 aliphatic heterocycles. The van der Waals surface area contributed by atoms with Crippen molar-refractivity contribution in [2.75, 3.05) is 12.3 Å². The summed E-state index contributed by atoms with van der Waals surface area (Å²) < 4.78 is 31.4. The van der Waals surface area contributed by atoms with Gasteiger partial charge < -0.3 is 25.1 Å². The van der Waals surface area contributed by atoms with E-state index in [0.29, 0.717) is 0 Å². The van der Waals surface area contributed by atoms with Crippen molar-refractivity contribution < 1.29 is 23.7 Å². The smallest absolute Gasteiger partial charge is 0.351 e. The zero-order chi connectivity index (χ0) is 15.4. The number of aliphatic hydroxyl groups is 1. The van der Waals surface area contributed by atoms with Gasteiger partial charge in [0, 0.05) is 0 Å². The number of ether oxygens (including phenoxy) is 3. The fourth-order valence-corrected chi connectivity index (χ4v) is 2.67. The standard InChI is InChI=1S/C12H16FN3O5/c1-12(2)20-7-6(4-17)19-10(8(7)21-12)16-3-5(13)9(14)15-11(16)18/h3,6-8,10,17H,4H2,1-2H3,(H2,14,15,18). The first-order chi connectivity index (χ1) is 9.82. The van der Waals surface area contributed by atoms with E-state index in [0.717, 1.165) is 10.8 Å². The van der Waals surface area contributed by atoms with Crippen molar-refractivity contribution in [1.29, 1.82) is 0 Å². The van der Waals surface area contributed by atoms with E-state index in [1.54, 1.807) is 13.8 Å². The average Bonchev–Trinajstić information content (AvgIpc) is 2.87. The fourth-order valence-electron chi connectivity index (χ4n) is 2.67. The fraction of sp³-hybridized carbons (Fsp3) is 0.667. The monoisotopic (exact) mass is 301 g/mol. The van der Waals surface area contributed by atoms with Crippen LogP contribution in [-0.4, -0.2) is 45.4 Å². The van der Waals surface area contributed by atoms with Gasteiger partial charge in [-0.3, -0.25) is 4.57 Å². The predicted octanol–water partition coefficient (Wildman–Crippen LogP) is -0.626. The first-order valence-corrected chi connectivity index (χ1v) is 6.48. The van der Waals surface area contributed by atoms with Gasteiger partial charge in [-0.15, -0.1) is 0 Å². The van der Waals surface area contributed by atoms with Crippen LogP contribution >= 0.6 is 0 Å². The van der Waals surface area contributed by atoms with E-state index in [1.165, 1.54) is 0 Å². The molecule has 2 fully saturated rings. The lowest BCUT2D eigenvalue weighted by molar-refractivity contribution is -0.200. The van der Waals surface area contributed by atoms with Gasteiger partial charge in [0.2, 0.25) is 0 Å². The van der Waals surface area contributed by atoms with Crippen LogP contribution in [0.4, 0.5) is 10.2 Å². The Hall–Kier alpha value is -1.55. The molecule has 2 aliphatic rings. The van der Waals surface area contributed by atoms with Crippen LogP contribution in [0.15, 0.2) is 11.0 Å². The molecule has 1 aromatic rings. The summed E-state index contributed by atoms with van der Waals surface area (Å²) in [7, 11) is 0. The van der Waals surface area contributed by atoms with Crippen LogP contribution in [-0.2, 0) is 14.2 Å². The van der Waals surface area contributed by atoms with Crippen molar-refractivity contribution in [3.05, 3.63) is 22.5 Å². The molecule has 0 radical (unpaired) electrons. The van der Waals surface area contributed by atoms with Crippen LogP contribution in [0, 0.1) is 5.82 Å². The van der Waals surface area contributed by atoms with Gasteiger partial charge in [0.15, 0.2) is 23.7 Å². The van der Waals surface area contributed by atoms with Gasteiger partial charge in [0.1, 0.15) is 18.3 Å². The molecule has 4 unspecified atom stereocenters. The number of anilines is 1. The third-order valence-electron chi connectivity index (χ3n) is 3.51. The molecule has 0 spiro atoms. The quantitative estimate of drug-likeness (QED) is 0.749. The number of hydrogen-bond donors (Lipinski definition) is 2. The van der Waals surface area contributed by atoms with E-state index >= 15 is 0 Å². The van der Waals surface area contributed by atoms with E-state index < -0.39 is 47.7 Å². The Bertz CT molecular complexity index is 619. The highest BCUT2D eigenvalue weighted by Crippen LogP contribution is 2.42. The van der Waals surface area contributed by atoms with Gasteiger partial charge in [0.25, 0.3) is 0 Å². The van der Waals surface area contributed by atoms with Crippen LogP contribution in [0.1, 0.15) is 20.1 Å². The zero-order valence-corrected chi connectivity index (χ0v) is 11.5. The average molecular weight is 301 g/mol. The van der Waals surface area contributed by atoms with E-state index in [4.69, 9.17) is 19.9 Å². The first-order valence-electron chi connectivity index (χ1n) is 6.48. The van der Waals surface area contributed by atoms with Gasteiger partial charge in [0.05, 0.1) is 12.8 Å². The zero-order valence-electron chi connectivity index (χ0n) is 11.5. The lowest BCUT2D eigenvalue weighted by Gasteiger charge is -2.24. The predicted molar refractivity (Wildman–Crippen MR) is 67.7 cm³/mol. The summed E-state index contributed by atoms with van der Waals surface area (Å²) in [6, 6.07) is 0. The van der Waals surface area contributed by atoms with Crippen LogP contribution in [0.2, 0.25) is 0 Å². The molecule has 3 heterocycles. The van der Waals surface area contributed by atoms with Crippen molar-refractivity contribution >= 4 is 5.82 Å². The number of nitrogen functional groups attached to an aromatic ring is 1. The number of aromatic nitrogens is 2. The highest BCUT2D eigenvalue weighted by molar-refractivity contribution is 5.26. The lowest BCUT2D eigenvalue weighted by Crippen LogP contribution is -2.35. The molecule has 116 valence electrons. The highest BCUT2D eigenvalue weighted by atomic mass is 19.1. The van der Waals surface area contributed by atoms with Crippen LogP contribution in [0.5, 0.6) is 0 Å². The van der Waals surface area contributed by atoms with Gasteiger partial charge in [-0.2, -0.15) is 4.98 Å². The molecule has 21 heavy (non-hydrogen) atoms. The van der Waals surface area contributed by atoms with E-state index in [9.17, 15) is 14.3 Å². The summed E-state index contributed by atoms with van der Waals surface area (Å²) in [6.45, 7) is 3.11. The Kier molecular flexibility index (Phi) is 3.24. The number of fused-ring (bicyclic) bond motifs is 1. The maximum absolute atomic E-state index is 13.6. The molecule has 0 aliphatic carbocycles. The van der Waals surface area contributed by atoms with Crippen molar-refractivity contribution in [2.24, 2.45) is 0 Å². The third kappa shape index (κ3) is 2.31. The number of hydrogen-bond acceptors (Lipinski definition) is 7. The maximum atomic E-state index is 13.6. The van der Waals surface area contributed by atoms with Crippen molar-refractivity contribution in [2.45, 2.75) is 44.2 Å². The summed E-state index contributed by atoms with van der Waals surface area (Å²) in [5.41, 5.74) is 4.50. The summed E-state index contributed by atoms with van der Waals surface area (Å²) in [5, 5.41) is 9.36. The second kappa shape index (κ2) is 4.73. The molecular weight excluding hydrogens is 285 g/mol. The summed E-state index contributed by atoms with van der Waals surface area (Å²) in [6.07, 6.45) is -1.90. The van der Waals surface area contributed by atoms with Crippen molar-refractivity contribution in [3.8, 4) is 0 Å². The normalized spacial score (nSPS) is 34.1. The summed E-state index contributed by atoms with van der Waals surface area (Å²) in [5.74, 6) is -2.19. The SMILES string of the molecule is CC1(C)OC2C(CO)OC(n3cc(F)c(N)nc3=O)C2O1. The first kappa shape index (κ1) is 14.4. The molecule has 4 atom stereocenters. The third-order valence-corrected chi connectivity index (χ3v) is 3.51. The van der Waals surface area contributed by atoms with Crippen LogP contribution in [0.3, 0.4) is 0 Å². The Morgan fingerprint density at radius 1 is 1.48 bits per heavy atom. The van der Waals surface area contributed by atoms with Crippen LogP contribution < -0.4 is 11.4 Å². The molecule has 9 heteroatoms. The molecule has 0 amide bonds. The Labute approximate surface area is 119 Å². The number of halogens is 1. The number of aliphatic hydroxyl groups excluding tert-OH is 1.